The van der Waals surface area contributed by atoms with E-state index in [2.05, 4.69) is 5.32 Å². The number of rotatable bonds is 8. The molecule has 6 nitrogen and oxygen atoms in total. The van der Waals surface area contributed by atoms with Crippen LogP contribution in [-0.2, 0) is 16.1 Å². The second-order valence-electron chi connectivity index (χ2n) is 6.00. The first kappa shape index (κ1) is 21.1. The summed E-state index contributed by atoms with van der Waals surface area (Å²) in [5.74, 6) is -0.384. The van der Waals surface area contributed by atoms with Crippen molar-refractivity contribution in [2.24, 2.45) is 0 Å². The van der Waals surface area contributed by atoms with Crippen LogP contribution in [0.25, 0.3) is 0 Å². The summed E-state index contributed by atoms with van der Waals surface area (Å²) in [7, 11) is 1.45. The molecule has 2 aromatic rings. The van der Waals surface area contributed by atoms with Crippen LogP contribution >= 0.6 is 22.9 Å². The molecule has 2 rings (SSSR count). The van der Waals surface area contributed by atoms with E-state index in [1.165, 1.54) is 37.5 Å². The minimum atomic E-state index is -0.950. The van der Waals surface area contributed by atoms with Crippen LogP contribution < -0.4 is 14.8 Å². The van der Waals surface area contributed by atoms with Crippen LogP contribution in [0.5, 0.6) is 11.5 Å². The van der Waals surface area contributed by atoms with Crippen molar-refractivity contribution in [3.63, 3.8) is 0 Å². The van der Waals surface area contributed by atoms with Crippen LogP contribution in [0.3, 0.4) is 0 Å². The lowest BCUT2D eigenvalue weighted by molar-refractivity contribution is -0.129. The molecule has 0 bridgehead atoms. The highest BCUT2D eigenvalue weighted by Gasteiger charge is 2.22. The molecule has 0 aliphatic carbocycles. The van der Waals surface area contributed by atoms with Crippen molar-refractivity contribution in [2.45, 2.75) is 39.5 Å². The molecule has 0 radical (unpaired) electrons. The van der Waals surface area contributed by atoms with Crippen LogP contribution in [-0.4, -0.2) is 31.2 Å². The van der Waals surface area contributed by atoms with Gasteiger partial charge in [-0.25, -0.2) is 4.79 Å². The summed E-state index contributed by atoms with van der Waals surface area (Å²) >= 11 is 7.75. The number of carbonyl (C=O) groups is 2. The maximum atomic E-state index is 12.4. The van der Waals surface area contributed by atoms with Gasteiger partial charge in [0, 0.05) is 4.88 Å². The van der Waals surface area contributed by atoms with E-state index in [0.29, 0.717) is 18.0 Å². The zero-order chi connectivity index (χ0) is 20.0. The van der Waals surface area contributed by atoms with Gasteiger partial charge in [-0.3, -0.25) is 4.79 Å². The third-order valence-corrected chi connectivity index (χ3v) is 4.65. The summed E-state index contributed by atoms with van der Waals surface area (Å²) in [4.78, 5) is 25.5. The number of methoxy groups -OCH3 is 1. The number of hydrogen-bond donors (Lipinski definition) is 1. The molecule has 146 valence electrons. The smallest absolute Gasteiger partial charge is 0.339 e. The first-order chi connectivity index (χ1) is 12.8. The van der Waals surface area contributed by atoms with E-state index in [-0.39, 0.29) is 22.6 Å². The fourth-order valence-corrected chi connectivity index (χ4v) is 3.10. The number of hydrogen-bond acceptors (Lipinski definition) is 6. The molecule has 1 heterocycles. The maximum absolute atomic E-state index is 12.4. The minimum absolute atomic E-state index is 0.110. The summed E-state index contributed by atoms with van der Waals surface area (Å²) in [6, 6.07) is 6.72. The van der Waals surface area contributed by atoms with Gasteiger partial charge in [-0.05, 0) is 44.4 Å². The lowest BCUT2D eigenvalue weighted by Crippen LogP contribution is -2.35. The van der Waals surface area contributed by atoms with Crippen molar-refractivity contribution in [1.29, 1.82) is 0 Å². The quantitative estimate of drug-likeness (QED) is 0.663. The Morgan fingerprint density at radius 2 is 2.00 bits per heavy atom. The van der Waals surface area contributed by atoms with E-state index in [4.69, 9.17) is 25.8 Å². The highest BCUT2D eigenvalue weighted by Crippen LogP contribution is 2.37. The Hall–Kier alpha value is -2.25. The lowest BCUT2D eigenvalue weighted by atomic mass is 10.2. The molecule has 27 heavy (non-hydrogen) atoms. The molecule has 0 saturated heterocycles. The Balaban J connectivity index is 2.03. The molecule has 1 amide bonds. The Bertz CT molecular complexity index is 792. The van der Waals surface area contributed by atoms with E-state index in [1.807, 2.05) is 31.4 Å². The second kappa shape index (κ2) is 9.62. The third kappa shape index (κ3) is 5.87. The zero-order valence-electron chi connectivity index (χ0n) is 15.6. The second-order valence-corrected chi connectivity index (χ2v) is 7.44. The number of benzene rings is 1. The summed E-state index contributed by atoms with van der Waals surface area (Å²) in [5, 5.41) is 4.88. The molecule has 1 aromatic carbocycles. The summed E-state index contributed by atoms with van der Waals surface area (Å²) in [5.41, 5.74) is 0.172. The van der Waals surface area contributed by atoms with E-state index < -0.39 is 12.1 Å². The lowest BCUT2D eigenvalue weighted by Gasteiger charge is -2.17. The standard InChI is InChI=1S/C19H22ClNO5S/c1-11(2)25-17-15(20)8-13(9-16(17)24-4)19(23)26-12(3)18(22)21-10-14-6-5-7-27-14/h5-9,11-12H,10H2,1-4H3,(H,21,22)/t12-/m0/s1. The Morgan fingerprint density at radius 1 is 1.26 bits per heavy atom. The number of carbonyl (C=O) groups excluding carboxylic acids is 2. The van der Waals surface area contributed by atoms with E-state index in [9.17, 15) is 9.59 Å². The average molecular weight is 412 g/mol. The van der Waals surface area contributed by atoms with Crippen molar-refractivity contribution in [3.8, 4) is 11.5 Å². The highest BCUT2D eigenvalue weighted by molar-refractivity contribution is 7.09. The first-order valence-corrected chi connectivity index (χ1v) is 9.62. The monoisotopic (exact) mass is 411 g/mol. The minimum Gasteiger partial charge on any atom is -0.493 e. The van der Waals surface area contributed by atoms with Gasteiger partial charge < -0.3 is 19.5 Å². The van der Waals surface area contributed by atoms with E-state index in [0.717, 1.165) is 4.88 Å². The maximum Gasteiger partial charge on any atom is 0.339 e. The van der Waals surface area contributed by atoms with Crippen LogP contribution in [0.2, 0.25) is 5.02 Å². The predicted molar refractivity (Wildman–Crippen MR) is 105 cm³/mol. The number of halogens is 1. The average Bonchev–Trinajstić information content (AvgIpc) is 3.14. The predicted octanol–water partition coefficient (Wildman–Crippen LogP) is 4.06. The summed E-state index contributed by atoms with van der Waals surface area (Å²) in [6.45, 7) is 5.61. The van der Waals surface area contributed by atoms with Gasteiger partial charge in [0.2, 0.25) is 0 Å². The molecule has 0 aliphatic rings. The largest absolute Gasteiger partial charge is 0.493 e. The highest BCUT2D eigenvalue weighted by atomic mass is 35.5. The topological polar surface area (TPSA) is 73.9 Å². The van der Waals surface area contributed by atoms with Crippen LogP contribution in [0.1, 0.15) is 36.0 Å². The fraction of sp³-hybridized carbons (Fsp3) is 0.368. The van der Waals surface area contributed by atoms with Crippen molar-refractivity contribution in [2.75, 3.05) is 7.11 Å². The molecule has 0 saturated carbocycles. The Morgan fingerprint density at radius 3 is 2.59 bits per heavy atom. The Kier molecular flexibility index (Phi) is 7.50. The van der Waals surface area contributed by atoms with Crippen LogP contribution in [0.4, 0.5) is 0 Å². The van der Waals surface area contributed by atoms with E-state index in [1.54, 1.807) is 0 Å². The normalized spacial score (nSPS) is 11.8. The van der Waals surface area contributed by atoms with Gasteiger partial charge in [0.05, 0.1) is 30.3 Å². The molecular weight excluding hydrogens is 390 g/mol. The number of amides is 1. The Labute approximate surface area is 167 Å². The van der Waals surface area contributed by atoms with Gasteiger partial charge in [0.1, 0.15) is 0 Å². The molecular formula is C19H22ClNO5S. The van der Waals surface area contributed by atoms with Gasteiger partial charge in [0.25, 0.3) is 5.91 Å². The van der Waals surface area contributed by atoms with Gasteiger partial charge in [-0.2, -0.15) is 0 Å². The summed E-state index contributed by atoms with van der Waals surface area (Å²) in [6.07, 6.45) is -1.06. The van der Waals surface area contributed by atoms with Crippen molar-refractivity contribution < 1.29 is 23.8 Å². The number of thiophene rings is 1. The molecule has 8 heteroatoms. The van der Waals surface area contributed by atoms with Crippen molar-refractivity contribution in [3.05, 3.63) is 45.1 Å². The third-order valence-electron chi connectivity index (χ3n) is 3.49. The molecule has 0 spiro atoms. The van der Waals surface area contributed by atoms with Crippen molar-refractivity contribution >= 4 is 34.8 Å². The van der Waals surface area contributed by atoms with Gasteiger partial charge in [-0.1, -0.05) is 17.7 Å². The number of esters is 1. The number of ether oxygens (including phenoxy) is 3. The van der Waals surface area contributed by atoms with Gasteiger partial charge in [-0.15, -0.1) is 11.3 Å². The van der Waals surface area contributed by atoms with Crippen molar-refractivity contribution in [1.82, 2.24) is 5.32 Å². The molecule has 0 aliphatic heterocycles. The summed E-state index contributed by atoms with van der Waals surface area (Å²) < 4.78 is 16.1. The fourth-order valence-electron chi connectivity index (χ4n) is 2.20. The van der Waals surface area contributed by atoms with Crippen LogP contribution in [0, 0.1) is 0 Å². The zero-order valence-corrected chi connectivity index (χ0v) is 17.1. The molecule has 1 atom stereocenters. The first-order valence-electron chi connectivity index (χ1n) is 8.37. The molecule has 1 N–H and O–H groups in total. The molecule has 1 aromatic heterocycles. The van der Waals surface area contributed by atoms with E-state index >= 15 is 0 Å². The number of nitrogens with one attached hydrogen (secondary N) is 1. The molecule has 0 unspecified atom stereocenters. The van der Waals surface area contributed by atoms with Crippen LogP contribution in [0.15, 0.2) is 29.6 Å². The molecule has 0 fully saturated rings. The van der Waals surface area contributed by atoms with Gasteiger partial charge in [0.15, 0.2) is 17.6 Å². The SMILES string of the molecule is COc1cc(C(=O)O[C@@H](C)C(=O)NCc2cccs2)cc(Cl)c1OC(C)C. The van der Waals surface area contributed by atoms with Gasteiger partial charge >= 0.3 is 5.97 Å².